The van der Waals surface area contributed by atoms with Crippen molar-refractivity contribution in [1.82, 2.24) is 4.98 Å². The summed E-state index contributed by atoms with van der Waals surface area (Å²) in [6, 6.07) is 8.21. The van der Waals surface area contributed by atoms with Gasteiger partial charge in [-0.05, 0) is 55.1 Å². The van der Waals surface area contributed by atoms with E-state index in [-0.39, 0.29) is 33.6 Å². The summed E-state index contributed by atoms with van der Waals surface area (Å²) in [4.78, 5) is 28.4. The second-order valence-electron chi connectivity index (χ2n) is 5.60. The number of alkyl halides is 2. The highest BCUT2D eigenvalue weighted by atomic mass is 32.2. The zero-order valence-electron chi connectivity index (χ0n) is 14.8. The minimum absolute atomic E-state index is 0.105. The zero-order chi connectivity index (χ0) is 20.9. The summed E-state index contributed by atoms with van der Waals surface area (Å²) < 4.78 is 54.9. The monoisotopic (exact) mass is 430 g/mol. The van der Waals surface area contributed by atoms with Crippen LogP contribution in [0.1, 0.15) is 27.6 Å². The third-order valence-corrected chi connectivity index (χ3v) is 4.65. The van der Waals surface area contributed by atoms with E-state index >= 15 is 0 Å². The topological polar surface area (TPSA) is 102 Å². The van der Waals surface area contributed by atoms with Crippen molar-refractivity contribution in [3.05, 3.63) is 53.7 Å². The Hall–Kier alpha value is -2.53. The maximum absolute atomic E-state index is 12.6. The predicted octanol–water partition coefficient (Wildman–Crippen LogP) is 3.20. The van der Waals surface area contributed by atoms with Crippen molar-refractivity contribution in [2.24, 2.45) is 0 Å². The molecule has 0 fully saturated rings. The number of hydrogen-bond acceptors (Lipinski definition) is 7. The van der Waals surface area contributed by atoms with E-state index in [4.69, 9.17) is 4.74 Å². The van der Waals surface area contributed by atoms with Gasteiger partial charge >= 0.3 is 5.97 Å². The summed E-state index contributed by atoms with van der Waals surface area (Å²) in [5, 5.41) is -0.196. The van der Waals surface area contributed by atoms with Crippen LogP contribution in [-0.4, -0.2) is 43.3 Å². The Kier molecular flexibility index (Phi) is 7.08. The highest BCUT2D eigenvalue weighted by Crippen LogP contribution is 2.27. The van der Waals surface area contributed by atoms with E-state index in [2.05, 4.69) is 9.71 Å². The zero-order valence-corrected chi connectivity index (χ0v) is 16.4. The molecule has 0 aliphatic rings. The summed E-state index contributed by atoms with van der Waals surface area (Å²) in [5.41, 5.74) is 0.292. The summed E-state index contributed by atoms with van der Waals surface area (Å²) in [6.45, 7) is 1.35. The number of carbonyl (C=O) groups is 2. The molecule has 2 rings (SSSR count). The van der Waals surface area contributed by atoms with Crippen molar-refractivity contribution in [3.8, 4) is 0 Å². The smallest absolute Gasteiger partial charge is 0.341 e. The van der Waals surface area contributed by atoms with Crippen molar-refractivity contribution < 1.29 is 31.5 Å². The molecule has 1 N–H and O–H groups in total. The van der Waals surface area contributed by atoms with Crippen LogP contribution in [0.25, 0.3) is 0 Å². The molecule has 28 heavy (non-hydrogen) atoms. The summed E-state index contributed by atoms with van der Waals surface area (Å²) in [6.07, 6.45) is 1.07. The van der Waals surface area contributed by atoms with Gasteiger partial charge in [0, 0.05) is 17.4 Å². The molecule has 1 atom stereocenters. The number of ether oxygens (including phenoxy) is 1. The van der Waals surface area contributed by atoms with Crippen LogP contribution in [0.15, 0.2) is 47.6 Å². The molecule has 0 radical (unpaired) electrons. The van der Waals surface area contributed by atoms with Gasteiger partial charge in [-0.15, -0.1) is 0 Å². The van der Waals surface area contributed by atoms with Gasteiger partial charge in [-0.1, -0.05) is 0 Å². The van der Waals surface area contributed by atoms with Crippen LogP contribution in [0.2, 0.25) is 0 Å². The lowest BCUT2D eigenvalue weighted by molar-refractivity contribution is 0.0314. The minimum atomic E-state index is -3.45. The molecular weight excluding hydrogens is 414 g/mol. The standard InChI is InChI=1S/C17H16F2N2O5S2/c1-10(14(22)11-5-7-12(8-6-11)21-28(2,24)25)26-16(23)13-4-3-9-20-15(13)27-17(18)19/h3-10,17,21H,1-2H3. The van der Waals surface area contributed by atoms with Crippen LogP contribution >= 0.6 is 11.8 Å². The van der Waals surface area contributed by atoms with Gasteiger partial charge in [0.15, 0.2) is 6.10 Å². The van der Waals surface area contributed by atoms with Gasteiger partial charge in [0.1, 0.15) is 5.03 Å². The SMILES string of the molecule is CC(OC(=O)c1cccnc1SC(F)F)C(=O)c1ccc(NS(C)(=O)=O)cc1. The molecule has 0 bridgehead atoms. The van der Waals surface area contributed by atoms with E-state index in [1.165, 1.54) is 49.5 Å². The molecule has 0 amide bonds. The van der Waals surface area contributed by atoms with Crippen LogP contribution in [0.4, 0.5) is 14.5 Å². The summed E-state index contributed by atoms with van der Waals surface area (Å²) >= 11 is 0.105. The van der Waals surface area contributed by atoms with Gasteiger partial charge in [-0.3, -0.25) is 9.52 Å². The highest BCUT2D eigenvalue weighted by molar-refractivity contribution is 7.99. The molecule has 1 aromatic carbocycles. The molecule has 7 nitrogen and oxygen atoms in total. The van der Waals surface area contributed by atoms with Gasteiger partial charge in [0.05, 0.1) is 11.8 Å². The fourth-order valence-corrected chi connectivity index (χ4v) is 3.29. The number of sulfonamides is 1. The first-order chi connectivity index (χ1) is 13.1. The molecule has 0 saturated carbocycles. The fraction of sp³-hybridized carbons (Fsp3) is 0.235. The Labute approximate surface area is 164 Å². The van der Waals surface area contributed by atoms with E-state index in [1.807, 2.05) is 0 Å². The first-order valence-corrected chi connectivity index (χ1v) is 10.6. The van der Waals surface area contributed by atoms with Gasteiger partial charge in [-0.25, -0.2) is 18.2 Å². The van der Waals surface area contributed by atoms with Gasteiger partial charge in [-0.2, -0.15) is 8.78 Å². The van der Waals surface area contributed by atoms with E-state index in [0.29, 0.717) is 0 Å². The molecular formula is C17H16F2N2O5S2. The van der Waals surface area contributed by atoms with Crippen LogP contribution in [0.3, 0.4) is 0 Å². The first kappa shape index (κ1) is 21.8. The predicted molar refractivity (Wildman–Crippen MR) is 100 cm³/mol. The van der Waals surface area contributed by atoms with Crippen molar-refractivity contribution in [2.45, 2.75) is 23.8 Å². The molecule has 1 aromatic heterocycles. The first-order valence-electron chi connectivity index (χ1n) is 7.79. The Morgan fingerprint density at radius 1 is 1.18 bits per heavy atom. The third kappa shape index (κ3) is 6.27. The summed E-state index contributed by atoms with van der Waals surface area (Å²) in [7, 11) is -3.45. The van der Waals surface area contributed by atoms with Crippen molar-refractivity contribution in [1.29, 1.82) is 0 Å². The van der Waals surface area contributed by atoms with E-state index in [1.54, 1.807) is 0 Å². The maximum Gasteiger partial charge on any atom is 0.341 e. The number of Topliss-reactive ketones (excluding diaryl/α,β-unsaturated/α-hetero) is 1. The van der Waals surface area contributed by atoms with E-state index < -0.39 is 33.6 Å². The summed E-state index contributed by atoms with van der Waals surface area (Å²) in [5.74, 6) is -4.25. The lowest BCUT2D eigenvalue weighted by Crippen LogP contribution is -2.25. The number of aromatic nitrogens is 1. The Morgan fingerprint density at radius 2 is 1.82 bits per heavy atom. The lowest BCUT2D eigenvalue weighted by Gasteiger charge is -2.14. The molecule has 2 aromatic rings. The number of nitrogens with zero attached hydrogens (tertiary/aromatic N) is 1. The maximum atomic E-state index is 12.6. The number of hydrogen-bond donors (Lipinski definition) is 1. The molecule has 11 heteroatoms. The Bertz CT molecular complexity index is 966. The molecule has 0 aliphatic carbocycles. The average molecular weight is 430 g/mol. The third-order valence-electron chi connectivity index (χ3n) is 3.32. The number of halogens is 2. The number of benzene rings is 1. The molecule has 1 heterocycles. The number of ketones is 1. The highest BCUT2D eigenvalue weighted by Gasteiger charge is 2.23. The molecule has 150 valence electrons. The lowest BCUT2D eigenvalue weighted by atomic mass is 10.1. The van der Waals surface area contributed by atoms with Gasteiger partial charge < -0.3 is 4.74 Å². The number of pyridine rings is 1. The number of nitrogens with one attached hydrogen (secondary N) is 1. The largest absolute Gasteiger partial charge is 0.451 e. The second-order valence-corrected chi connectivity index (χ2v) is 8.33. The Morgan fingerprint density at radius 3 is 2.39 bits per heavy atom. The van der Waals surface area contributed by atoms with Crippen molar-refractivity contribution in [3.63, 3.8) is 0 Å². The van der Waals surface area contributed by atoms with Crippen LogP contribution in [0.5, 0.6) is 0 Å². The van der Waals surface area contributed by atoms with Gasteiger partial charge in [0.25, 0.3) is 5.76 Å². The number of anilines is 1. The van der Waals surface area contributed by atoms with Crippen LogP contribution < -0.4 is 4.72 Å². The van der Waals surface area contributed by atoms with Crippen LogP contribution in [-0.2, 0) is 14.8 Å². The Balaban J connectivity index is 2.09. The fourth-order valence-electron chi connectivity index (χ4n) is 2.15. The molecule has 0 saturated heterocycles. The quantitative estimate of drug-likeness (QED) is 0.390. The normalized spacial score (nSPS) is 12.5. The molecule has 0 spiro atoms. The van der Waals surface area contributed by atoms with E-state index in [0.717, 1.165) is 6.26 Å². The van der Waals surface area contributed by atoms with Crippen LogP contribution in [0, 0.1) is 0 Å². The van der Waals surface area contributed by atoms with Crippen molar-refractivity contribution >= 4 is 39.2 Å². The minimum Gasteiger partial charge on any atom is -0.451 e. The average Bonchev–Trinajstić information content (AvgIpc) is 2.60. The second kappa shape index (κ2) is 9.11. The van der Waals surface area contributed by atoms with Crippen molar-refractivity contribution in [2.75, 3.05) is 11.0 Å². The number of rotatable bonds is 8. The number of thioether (sulfide) groups is 1. The molecule has 1 unspecified atom stereocenters. The number of esters is 1. The van der Waals surface area contributed by atoms with Gasteiger partial charge in [0.2, 0.25) is 15.8 Å². The molecule has 0 aliphatic heterocycles. The van der Waals surface area contributed by atoms with E-state index in [9.17, 15) is 26.8 Å². The number of carbonyl (C=O) groups excluding carboxylic acids is 2.